The molecule has 0 atom stereocenters. The zero-order valence-electron chi connectivity index (χ0n) is 7.03. The Hall–Kier alpha value is 0.274. The molecule has 0 unspecified atom stereocenters. The van der Waals surface area contributed by atoms with E-state index in [-0.39, 0.29) is 37.6 Å². The van der Waals surface area contributed by atoms with Crippen LogP contribution in [0.1, 0.15) is 5.56 Å². The predicted molar refractivity (Wildman–Crippen MR) is 43.1 cm³/mol. The van der Waals surface area contributed by atoms with E-state index in [4.69, 9.17) is 0 Å². The number of benzene rings is 1. The van der Waals surface area contributed by atoms with Gasteiger partial charge in [-0.2, -0.15) is 29.8 Å². The molecular formula is C8H9O2SY-. The Labute approximate surface area is 98.2 Å². The smallest absolute Gasteiger partial charge is 0.152 e. The molecule has 2 nitrogen and oxygen atoms in total. The van der Waals surface area contributed by atoms with Crippen LogP contribution in [0.25, 0.3) is 0 Å². The number of sulfone groups is 1. The molecule has 0 bridgehead atoms. The second-order valence-corrected chi connectivity index (χ2v) is 4.49. The van der Waals surface area contributed by atoms with Crippen molar-refractivity contribution >= 4 is 9.84 Å². The van der Waals surface area contributed by atoms with Crippen molar-refractivity contribution in [1.82, 2.24) is 0 Å². The van der Waals surface area contributed by atoms with Crippen molar-refractivity contribution in [3.05, 3.63) is 29.8 Å². The standard InChI is InChI=1S/C8H9O2S.Y/c1-7-3-5-8(6-4-7)11(2,9)10;/h3-5H,1-2H3;/q-1;. The normalized spacial score (nSPS) is 10.5. The first-order valence-electron chi connectivity index (χ1n) is 3.18. The number of hydrogen-bond donors (Lipinski definition) is 0. The molecule has 4 heteroatoms. The second-order valence-electron chi connectivity index (χ2n) is 2.50. The first-order chi connectivity index (χ1) is 5.00. The average Bonchev–Trinajstić information content (AvgIpc) is 1.86. The van der Waals surface area contributed by atoms with E-state index in [1.54, 1.807) is 18.2 Å². The van der Waals surface area contributed by atoms with Crippen molar-refractivity contribution in [1.29, 1.82) is 0 Å². The summed E-state index contributed by atoms with van der Waals surface area (Å²) in [5.74, 6) is 0. The minimum Gasteiger partial charge on any atom is -0.226 e. The SMILES string of the molecule is Cc1c[c-]c(S(C)(=O)=O)cc1.[Y]. The summed E-state index contributed by atoms with van der Waals surface area (Å²) >= 11 is 0. The quantitative estimate of drug-likeness (QED) is 0.709. The van der Waals surface area contributed by atoms with Gasteiger partial charge in [0.05, 0.1) is 0 Å². The molecule has 0 aromatic heterocycles. The van der Waals surface area contributed by atoms with Gasteiger partial charge in [-0.15, -0.1) is 0 Å². The van der Waals surface area contributed by atoms with Gasteiger partial charge >= 0.3 is 0 Å². The van der Waals surface area contributed by atoms with Crippen LogP contribution in [0.3, 0.4) is 0 Å². The van der Waals surface area contributed by atoms with Crippen LogP contribution in [0.4, 0.5) is 0 Å². The Balaban J connectivity index is 0.00000121. The summed E-state index contributed by atoms with van der Waals surface area (Å²) in [6.45, 7) is 1.89. The van der Waals surface area contributed by atoms with Crippen LogP contribution in [0.15, 0.2) is 23.1 Å². The summed E-state index contributed by atoms with van der Waals surface area (Å²) in [7, 11) is -3.08. The Morgan fingerprint density at radius 1 is 1.33 bits per heavy atom. The molecule has 0 heterocycles. The summed E-state index contributed by atoms with van der Waals surface area (Å²) in [6.07, 6.45) is 1.17. The molecule has 1 aromatic carbocycles. The number of rotatable bonds is 1. The van der Waals surface area contributed by atoms with E-state index in [2.05, 4.69) is 6.07 Å². The van der Waals surface area contributed by atoms with Crippen molar-refractivity contribution in [2.24, 2.45) is 0 Å². The maximum Gasteiger partial charge on any atom is 0.152 e. The third-order valence-electron chi connectivity index (χ3n) is 1.34. The molecule has 0 spiro atoms. The Morgan fingerprint density at radius 3 is 2.25 bits per heavy atom. The van der Waals surface area contributed by atoms with Crippen LogP contribution in [0.2, 0.25) is 0 Å². The van der Waals surface area contributed by atoms with Gasteiger partial charge in [-0.1, -0.05) is 6.92 Å². The largest absolute Gasteiger partial charge is 0.226 e. The van der Waals surface area contributed by atoms with Gasteiger partial charge in [0.15, 0.2) is 9.84 Å². The topological polar surface area (TPSA) is 34.1 Å². The van der Waals surface area contributed by atoms with Crippen LogP contribution in [0.5, 0.6) is 0 Å². The fourth-order valence-corrected chi connectivity index (χ4v) is 1.31. The number of hydrogen-bond acceptors (Lipinski definition) is 2. The van der Waals surface area contributed by atoms with Crippen molar-refractivity contribution in [2.45, 2.75) is 11.8 Å². The second kappa shape index (κ2) is 4.49. The van der Waals surface area contributed by atoms with Gasteiger partial charge in [0.1, 0.15) is 0 Å². The molecule has 0 amide bonds. The summed E-state index contributed by atoms with van der Waals surface area (Å²) in [4.78, 5) is 0.253. The van der Waals surface area contributed by atoms with Crippen LogP contribution >= 0.6 is 0 Å². The summed E-state index contributed by atoms with van der Waals surface area (Å²) in [6, 6.07) is 7.67. The van der Waals surface area contributed by atoms with Crippen molar-refractivity contribution in [2.75, 3.05) is 6.26 Å². The van der Waals surface area contributed by atoms with Gasteiger partial charge in [-0.05, 0) is 4.90 Å². The molecule has 1 aromatic rings. The maximum atomic E-state index is 10.9. The Morgan fingerprint density at radius 2 is 1.92 bits per heavy atom. The molecule has 0 aliphatic heterocycles. The molecule has 63 valence electrons. The van der Waals surface area contributed by atoms with E-state index in [1.807, 2.05) is 6.92 Å². The van der Waals surface area contributed by atoms with Crippen LogP contribution in [-0.4, -0.2) is 14.7 Å². The maximum absolute atomic E-state index is 10.9. The molecule has 1 radical (unpaired) electrons. The van der Waals surface area contributed by atoms with Gasteiger partial charge < -0.3 is 0 Å². The number of aryl methyl sites for hydroxylation is 1. The van der Waals surface area contributed by atoms with E-state index in [9.17, 15) is 8.42 Å². The van der Waals surface area contributed by atoms with Gasteiger partial charge in [-0.3, -0.25) is 0 Å². The van der Waals surface area contributed by atoms with E-state index in [0.29, 0.717) is 0 Å². The first-order valence-corrected chi connectivity index (χ1v) is 5.08. The van der Waals surface area contributed by atoms with E-state index >= 15 is 0 Å². The van der Waals surface area contributed by atoms with Crippen molar-refractivity contribution in [3.8, 4) is 0 Å². The first kappa shape index (κ1) is 12.3. The summed E-state index contributed by atoms with van der Waals surface area (Å²) in [5.41, 5.74) is 1.01. The van der Waals surface area contributed by atoms with Crippen LogP contribution in [0, 0.1) is 13.0 Å². The third-order valence-corrected chi connectivity index (χ3v) is 2.39. The van der Waals surface area contributed by atoms with Gasteiger partial charge in [0.2, 0.25) is 0 Å². The van der Waals surface area contributed by atoms with Crippen molar-refractivity contribution in [3.63, 3.8) is 0 Å². The molecule has 0 saturated carbocycles. The molecule has 0 fully saturated rings. The fraction of sp³-hybridized carbons (Fsp3) is 0.250. The zero-order chi connectivity index (χ0) is 8.48. The third kappa shape index (κ3) is 3.34. The minimum atomic E-state index is -3.08. The van der Waals surface area contributed by atoms with Gasteiger partial charge in [0, 0.05) is 39.0 Å². The molecule has 0 N–H and O–H groups in total. The predicted octanol–water partition coefficient (Wildman–Crippen LogP) is 1.20. The molecule has 0 saturated heterocycles. The van der Waals surface area contributed by atoms with E-state index in [0.717, 1.165) is 5.56 Å². The Bertz CT molecular complexity index is 340. The molecule has 0 aliphatic rings. The summed E-state index contributed by atoms with van der Waals surface area (Å²) in [5, 5.41) is 0. The summed E-state index contributed by atoms with van der Waals surface area (Å²) < 4.78 is 21.8. The van der Waals surface area contributed by atoms with E-state index < -0.39 is 9.84 Å². The molecular weight excluding hydrogens is 249 g/mol. The Kier molecular flexibility index (Phi) is 4.60. The molecule has 12 heavy (non-hydrogen) atoms. The zero-order valence-corrected chi connectivity index (χ0v) is 10.7. The van der Waals surface area contributed by atoms with E-state index in [1.165, 1.54) is 6.26 Å². The van der Waals surface area contributed by atoms with Crippen molar-refractivity contribution < 1.29 is 41.1 Å². The van der Waals surface area contributed by atoms with Crippen LogP contribution in [-0.2, 0) is 42.5 Å². The fourth-order valence-electron chi connectivity index (χ4n) is 0.719. The molecule has 1 rings (SSSR count). The molecule has 0 aliphatic carbocycles. The minimum absolute atomic E-state index is 0. The van der Waals surface area contributed by atoms with Gasteiger partial charge in [-0.25, -0.2) is 8.42 Å². The monoisotopic (exact) mass is 258 g/mol. The average molecular weight is 258 g/mol. The van der Waals surface area contributed by atoms with Crippen LogP contribution < -0.4 is 0 Å². The van der Waals surface area contributed by atoms with Gasteiger partial charge in [0.25, 0.3) is 0 Å².